The van der Waals surface area contributed by atoms with Crippen molar-refractivity contribution >= 4 is 0 Å². The first-order valence-corrected chi connectivity index (χ1v) is 5.66. The third-order valence-corrected chi connectivity index (χ3v) is 3.16. The fourth-order valence-electron chi connectivity index (χ4n) is 2.16. The lowest BCUT2D eigenvalue weighted by Gasteiger charge is -2.26. The molecule has 0 saturated carbocycles. The van der Waals surface area contributed by atoms with Gasteiger partial charge in [-0.15, -0.1) is 0 Å². The van der Waals surface area contributed by atoms with Crippen molar-refractivity contribution in [1.82, 2.24) is 10.2 Å². The van der Waals surface area contributed by atoms with E-state index in [1.807, 2.05) is 0 Å². The molecule has 1 rings (SSSR count). The third kappa shape index (κ3) is 3.28. The standard InChI is InChI=1S/C11H24N2/c1-4-5-6-7-13(3)11-9-12-8-10(11)2/h10-12H,4-9H2,1-3H3. The largest absolute Gasteiger partial charge is 0.315 e. The Hall–Kier alpha value is -0.0800. The molecule has 1 saturated heterocycles. The molecule has 13 heavy (non-hydrogen) atoms. The normalized spacial score (nSPS) is 28.6. The molecule has 2 nitrogen and oxygen atoms in total. The molecular weight excluding hydrogens is 160 g/mol. The molecule has 0 bridgehead atoms. The Morgan fingerprint density at radius 1 is 1.31 bits per heavy atom. The van der Waals surface area contributed by atoms with Crippen LogP contribution in [0.1, 0.15) is 33.1 Å². The van der Waals surface area contributed by atoms with E-state index < -0.39 is 0 Å². The van der Waals surface area contributed by atoms with Crippen molar-refractivity contribution in [2.75, 3.05) is 26.7 Å². The molecule has 2 atom stereocenters. The van der Waals surface area contributed by atoms with Crippen LogP contribution in [0.15, 0.2) is 0 Å². The maximum atomic E-state index is 3.45. The number of rotatable bonds is 5. The predicted molar refractivity (Wildman–Crippen MR) is 58.0 cm³/mol. The van der Waals surface area contributed by atoms with Crippen LogP contribution >= 0.6 is 0 Å². The van der Waals surface area contributed by atoms with E-state index in [-0.39, 0.29) is 0 Å². The average molecular weight is 184 g/mol. The van der Waals surface area contributed by atoms with Gasteiger partial charge in [0.25, 0.3) is 0 Å². The summed E-state index contributed by atoms with van der Waals surface area (Å²) in [6, 6.07) is 0.775. The minimum Gasteiger partial charge on any atom is -0.315 e. The maximum absolute atomic E-state index is 3.45. The Labute approximate surface area is 82.7 Å². The second-order valence-electron chi connectivity index (χ2n) is 4.39. The zero-order valence-electron chi connectivity index (χ0n) is 9.34. The van der Waals surface area contributed by atoms with Crippen molar-refractivity contribution in [2.24, 2.45) is 5.92 Å². The monoisotopic (exact) mass is 184 g/mol. The van der Waals surface area contributed by atoms with Crippen LogP contribution in [0.3, 0.4) is 0 Å². The molecular formula is C11H24N2. The van der Waals surface area contributed by atoms with E-state index >= 15 is 0 Å². The van der Waals surface area contributed by atoms with Gasteiger partial charge in [-0.25, -0.2) is 0 Å². The van der Waals surface area contributed by atoms with Crippen LogP contribution in [-0.4, -0.2) is 37.6 Å². The summed E-state index contributed by atoms with van der Waals surface area (Å²) in [5.74, 6) is 0.826. The van der Waals surface area contributed by atoms with Gasteiger partial charge in [-0.2, -0.15) is 0 Å². The lowest BCUT2D eigenvalue weighted by molar-refractivity contribution is 0.216. The van der Waals surface area contributed by atoms with Gasteiger partial charge in [-0.1, -0.05) is 26.7 Å². The van der Waals surface area contributed by atoms with Crippen LogP contribution < -0.4 is 5.32 Å². The van der Waals surface area contributed by atoms with Crippen LogP contribution in [0.4, 0.5) is 0 Å². The molecule has 0 spiro atoms. The van der Waals surface area contributed by atoms with Crippen molar-refractivity contribution in [3.63, 3.8) is 0 Å². The van der Waals surface area contributed by atoms with Crippen LogP contribution in [-0.2, 0) is 0 Å². The molecule has 0 radical (unpaired) electrons. The molecule has 1 fully saturated rings. The summed E-state index contributed by atoms with van der Waals surface area (Å²) in [4.78, 5) is 2.53. The average Bonchev–Trinajstić information content (AvgIpc) is 2.52. The Balaban J connectivity index is 2.18. The summed E-state index contributed by atoms with van der Waals surface area (Å²) in [6.45, 7) is 8.26. The van der Waals surface area contributed by atoms with Crippen molar-refractivity contribution in [3.8, 4) is 0 Å². The van der Waals surface area contributed by atoms with E-state index in [9.17, 15) is 0 Å². The Morgan fingerprint density at radius 2 is 2.08 bits per heavy atom. The van der Waals surface area contributed by atoms with Crippen molar-refractivity contribution in [3.05, 3.63) is 0 Å². The van der Waals surface area contributed by atoms with Gasteiger partial charge in [0.05, 0.1) is 0 Å². The highest BCUT2D eigenvalue weighted by Gasteiger charge is 2.25. The van der Waals surface area contributed by atoms with Crippen LogP contribution in [0.25, 0.3) is 0 Å². The number of nitrogens with one attached hydrogen (secondary N) is 1. The number of hydrogen-bond donors (Lipinski definition) is 1. The van der Waals surface area contributed by atoms with Crippen LogP contribution in [0.5, 0.6) is 0 Å². The molecule has 0 aliphatic carbocycles. The predicted octanol–water partition coefficient (Wildman–Crippen LogP) is 1.72. The summed E-state index contributed by atoms with van der Waals surface area (Å²) in [5, 5.41) is 3.45. The highest BCUT2D eigenvalue weighted by Crippen LogP contribution is 2.14. The third-order valence-electron chi connectivity index (χ3n) is 3.16. The lowest BCUT2D eigenvalue weighted by Crippen LogP contribution is -2.37. The molecule has 78 valence electrons. The first-order valence-electron chi connectivity index (χ1n) is 5.66. The molecule has 0 aromatic heterocycles. The first kappa shape index (κ1) is 11.0. The molecule has 0 amide bonds. The van der Waals surface area contributed by atoms with Gasteiger partial charge in [-0.05, 0) is 32.5 Å². The van der Waals surface area contributed by atoms with E-state index in [2.05, 4.69) is 31.1 Å². The fourth-order valence-corrected chi connectivity index (χ4v) is 2.16. The molecule has 1 N–H and O–H groups in total. The Bertz CT molecular complexity index is 136. The van der Waals surface area contributed by atoms with Crippen LogP contribution in [0.2, 0.25) is 0 Å². The zero-order valence-corrected chi connectivity index (χ0v) is 9.34. The fraction of sp³-hybridized carbons (Fsp3) is 1.00. The van der Waals surface area contributed by atoms with E-state index in [1.54, 1.807) is 0 Å². The van der Waals surface area contributed by atoms with E-state index in [1.165, 1.54) is 38.9 Å². The topological polar surface area (TPSA) is 15.3 Å². The summed E-state index contributed by atoms with van der Waals surface area (Å²) in [5.41, 5.74) is 0. The molecule has 1 aliphatic rings. The smallest absolute Gasteiger partial charge is 0.0255 e. The highest BCUT2D eigenvalue weighted by atomic mass is 15.2. The second kappa shape index (κ2) is 5.61. The van der Waals surface area contributed by atoms with Gasteiger partial charge in [0, 0.05) is 12.6 Å². The van der Waals surface area contributed by atoms with E-state index in [0.717, 1.165) is 12.0 Å². The number of nitrogens with zero attached hydrogens (tertiary/aromatic N) is 1. The van der Waals surface area contributed by atoms with Gasteiger partial charge in [-0.3, -0.25) is 0 Å². The molecule has 0 aromatic carbocycles. The molecule has 0 aromatic rings. The molecule has 1 aliphatic heterocycles. The highest BCUT2D eigenvalue weighted by molar-refractivity contribution is 4.84. The first-order chi connectivity index (χ1) is 6.25. The molecule has 2 unspecified atom stereocenters. The second-order valence-corrected chi connectivity index (χ2v) is 4.39. The summed E-state index contributed by atoms with van der Waals surface area (Å²) in [6.07, 6.45) is 4.06. The summed E-state index contributed by atoms with van der Waals surface area (Å²) < 4.78 is 0. The number of likely N-dealkylation sites (N-methyl/N-ethyl adjacent to an activating group) is 1. The number of unbranched alkanes of at least 4 members (excludes halogenated alkanes) is 2. The van der Waals surface area contributed by atoms with Crippen LogP contribution in [0, 0.1) is 5.92 Å². The Morgan fingerprint density at radius 3 is 2.62 bits per heavy atom. The van der Waals surface area contributed by atoms with Gasteiger partial charge in [0.1, 0.15) is 0 Å². The quantitative estimate of drug-likeness (QED) is 0.654. The van der Waals surface area contributed by atoms with Crippen molar-refractivity contribution < 1.29 is 0 Å². The summed E-state index contributed by atoms with van der Waals surface area (Å²) >= 11 is 0. The van der Waals surface area contributed by atoms with E-state index in [4.69, 9.17) is 0 Å². The van der Waals surface area contributed by atoms with Crippen molar-refractivity contribution in [1.29, 1.82) is 0 Å². The Kier molecular flexibility index (Phi) is 4.74. The van der Waals surface area contributed by atoms with Gasteiger partial charge >= 0.3 is 0 Å². The molecule has 1 heterocycles. The minimum absolute atomic E-state index is 0.775. The van der Waals surface area contributed by atoms with Gasteiger partial charge in [0.15, 0.2) is 0 Å². The zero-order chi connectivity index (χ0) is 9.68. The van der Waals surface area contributed by atoms with Gasteiger partial charge < -0.3 is 10.2 Å². The molecule has 2 heteroatoms. The minimum atomic E-state index is 0.775. The maximum Gasteiger partial charge on any atom is 0.0255 e. The van der Waals surface area contributed by atoms with E-state index in [0.29, 0.717) is 0 Å². The number of hydrogen-bond acceptors (Lipinski definition) is 2. The lowest BCUT2D eigenvalue weighted by atomic mass is 10.0. The van der Waals surface area contributed by atoms with Gasteiger partial charge in [0.2, 0.25) is 0 Å². The summed E-state index contributed by atoms with van der Waals surface area (Å²) in [7, 11) is 2.27. The SMILES string of the molecule is CCCCCN(C)C1CNCC1C. The van der Waals surface area contributed by atoms with Crippen molar-refractivity contribution in [2.45, 2.75) is 39.2 Å².